The first-order valence-corrected chi connectivity index (χ1v) is 5.71. The van der Waals surface area contributed by atoms with Crippen molar-refractivity contribution in [2.24, 2.45) is 5.92 Å². The van der Waals surface area contributed by atoms with Crippen molar-refractivity contribution >= 4 is 5.82 Å². The number of aliphatic hydroxyl groups is 2. The highest BCUT2D eigenvalue weighted by molar-refractivity contribution is 5.23. The van der Waals surface area contributed by atoms with E-state index in [1.54, 1.807) is 13.8 Å². The predicted octanol–water partition coefficient (Wildman–Crippen LogP) is -0.898. The van der Waals surface area contributed by atoms with Gasteiger partial charge in [0, 0.05) is 12.1 Å². The second kappa shape index (κ2) is 4.34. The zero-order chi connectivity index (χ0) is 13.5. The van der Waals surface area contributed by atoms with Gasteiger partial charge < -0.3 is 20.7 Å². The Morgan fingerprint density at radius 3 is 2.83 bits per heavy atom. The molecule has 100 valence electrons. The zero-order valence-corrected chi connectivity index (χ0v) is 10.3. The number of rotatable bonds is 2. The molecule has 4 atom stereocenters. The van der Waals surface area contributed by atoms with Crippen LogP contribution >= 0.6 is 0 Å². The second-order valence-electron chi connectivity index (χ2n) is 4.77. The van der Waals surface area contributed by atoms with Gasteiger partial charge in [-0.2, -0.15) is 4.98 Å². The van der Waals surface area contributed by atoms with Crippen LogP contribution in [0.5, 0.6) is 0 Å². The molecule has 7 heteroatoms. The molecule has 1 fully saturated rings. The van der Waals surface area contributed by atoms with Crippen molar-refractivity contribution in [1.29, 1.82) is 0 Å². The normalized spacial score (nSPS) is 35.9. The summed E-state index contributed by atoms with van der Waals surface area (Å²) in [5.41, 5.74) is 3.55. The van der Waals surface area contributed by atoms with Crippen molar-refractivity contribution in [3.05, 3.63) is 22.7 Å². The fourth-order valence-electron chi connectivity index (χ4n) is 2.18. The van der Waals surface area contributed by atoms with Gasteiger partial charge in [0.1, 0.15) is 11.4 Å². The number of aromatic nitrogens is 2. The maximum atomic E-state index is 11.7. The first-order chi connectivity index (χ1) is 8.37. The summed E-state index contributed by atoms with van der Waals surface area (Å²) in [4.78, 5) is 15.3. The predicted molar refractivity (Wildman–Crippen MR) is 63.7 cm³/mol. The quantitative estimate of drug-likeness (QED) is 0.631. The minimum absolute atomic E-state index is 0.112. The van der Waals surface area contributed by atoms with E-state index in [4.69, 9.17) is 10.5 Å². The number of nitrogens with zero attached hydrogens (tertiary/aromatic N) is 2. The van der Waals surface area contributed by atoms with Gasteiger partial charge in [0.15, 0.2) is 6.23 Å². The van der Waals surface area contributed by atoms with Crippen molar-refractivity contribution in [3.8, 4) is 0 Å². The van der Waals surface area contributed by atoms with Gasteiger partial charge in [-0.15, -0.1) is 0 Å². The van der Waals surface area contributed by atoms with E-state index in [1.165, 1.54) is 16.8 Å². The fraction of sp³-hybridized carbons (Fsp3) is 0.636. The van der Waals surface area contributed by atoms with Gasteiger partial charge in [-0.05, 0) is 13.0 Å². The summed E-state index contributed by atoms with van der Waals surface area (Å²) in [6, 6.07) is 1.46. The molecule has 0 spiro atoms. The molecule has 0 radical (unpaired) electrons. The zero-order valence-electron chi connectivity index (χ0n) is 10.3. The second-order valence-corrected chi connectivity index (χ2v) is 4.77. The highest BCUT2D eigenvalue weighted by Gasteiger charge is 2.51. The SMILES string of the molecule is CC1[C@@H](CO)O[C@@H](n2ccc(N)nc2=O)[C@]1(C)O. The standard InChI is InChI=1S/C11H17N3O4/c1-6-7(5-15)18-9(11(6,2)17)14-4-3-8(12)13-10(14)16/h3-4,6-7,9,15,17H,5H2,1-2H3,(H2,12,13,16)/t6?,7-,9-,11-/m1/s1. The van der Waals surface area contributed by atoms with Crippen LogP contribution in [0.2, 0.25) is 0 Å². The summed E-state index contributed by atoms with van der Waals surface area (Å²) < 4.78 is 6.71. The van der Waals surface area contributed by atoms with E-state index in [0.717, 1.165) is 0 Å². The number of hydrogen-bond donors (Lipinski definition) is 3. The van der Waals surface area contributed by atoms with E-state index >= 15 is 0 Å². The van der Waals surface area contributed by atoms with Gasteiger partial charge in [-0.25, -0.2) is 4.79 Å². The molecule has 1 saturated heterocycles. The van der Waals surface area contributed by atoms with Crippen molar-refractivity contribution in [2.75, 3.05) is 12.3 Å². The van der Waals surface area contributed by atoms with Crippen LogP contribution in [-0.4, -0.2) is 38.1 Å². The third kappa shape index (κ3) is 1.90. The highest BCUT2D eigenvalue weighted by Crippen LogP contribution is 2.41. The molecule has 2 heterocycles. The van der Waals surface area contributed by atoms with Gasteiger partial charge in [-0.3, -0.25) is 4.57 Å². The van der Waals surface area contributed by atoms with Crippen LogP contribution in [0.1, 0.15) is 20.1 Å². The van der Waals surface area contributed by atoms with Crippen LogP contribution in [0.15, 0.2) is 17.1 Å². The Labute approximate surface area is 104 Å². The van der Waals surface area contributed by atoms with E-state index in [2.05, 4.69) is 4.98 Å². The van der Waals surface area contributed by atoms with Crippen molar-refractivity contribution < 1.29 is 14.9 Å². The first-order valence-electron chi connectivity index (χ1n) is 5.71. The largest absolute Gasteiger partial charge is 0.394 e. The summed E-state index contributed by atoms with van der Waals surface area (Å²) in [6.07, 6.45) is 0.0238. The summed E-state index contributed by atoms with van der Waals surface area (Å²) in [6.45, 7) is 3.11. The lowest BCUT2D eigenvalue weighted by Crippen LogP contribution is -2.42. The topological polar surface area (TPSA) is 111 Å². The summed E-state index contributed by atoms with van der Waals surface area (Å²) >= 11 is 0. The van der Waals surface area contributed by atoms with Crippen LogP contribution in [0.25, 0.3) is 0 Å². The van der Waals surface area contributed by atoms with Crippen LogP contribution in [0.3, 0.4) is 0 Å². The van der Waals surface area contributed by atoms with E-state index < -0.39 is 23.6 Å². The molecule has 0 aromatic carbocycles. The monoisotopic (exact) mass is 255 g/mol. The summed E-state index contributed by atoms with van der Waals surface area (Å²) in [7, 11) is 0. The molecule has 0 aliphatic carbocycles. The van der Waals surface area contributed by atoms with Crippen LogP contribution in [-0.2, 0) is 4.74 Å². The van der Waals surface area contributed by atoms with Gasteiger partial charge in [0.2, 0.25) is 0 Å². The molecule has 0 saturated carbocycles. The Hall–Kier alpha value is -1.44. The van der Waals surface area contributed by atoms with E-state index in [1.807, 2.05) is 0 Å². The van der Waals surface area contributed by atoms with Gasteiger partial charge in [-0.1, -0.05) is 6.92 Å². The van der Waals surface area contributed by atoms with Crippen LogP contribution < -0.4 is 11.4 Å². The molecule has 0 bridgehead atoms. The number of ether oxygens (including phenoxy) is 1. The number of nitrogens with two attached hydrogens (primary N) is 1. The lowest BCUT2D eigenvalue weighted by atomic mass is 9.88. The van der Waals surface area contributed by atoms with Crippen LogP contribution in [0, 0.1) is 5.92 Å². The average Bonchev–Trinajstić information content (AvgIpc) is 2.52. The molecule has 1 aliphatic rings. The van der Waals surface area contributed by atoms with Gasteiger partial charge in [0.05, 0.1) is 12.7 Å². The molecular weight excluding hydrogens is 238 g/mol. The molecule has 1 unspecified atom stereocenters. The first kappa shape index (κ1) is 13.0. The Bertz CT molecular complexity index is 499. The average molecular weight is 255 g/mol. The van der Waals surface area contributed by atoms with Gasteiger partial charge >= 0.3 is 5.69 Å². The molecule has 18 heavy (non-hydrogen) atoms. The van der Waals surface area contributed by atoms with Crippen LogP contribution in [0.4, 0.5) is 5.82 Å². The maximum Gasteiger partial charge on any atom is 0.351 e. The minimum Gasteiger partial charge on any atom is -0.394 e. The maximum absolute atomic E-state index is 11.7. The number of aliphatic hydroxyl groups excluding tert-OH is 1. The Morgan fingerprint density at radius 1 is 1.67 bits per heavy atom. The third-order valence-electron chi connectivity index (χ3n) is 3.57. The lowest BCUT2D eigenvalue weighted by molar-refractivity contribution is -0.0917. The van der Waals surface area contributed by atoms with Gasteiger partial charge in [0.25, 0.3) is 0 Å². The molecular formula is C11H17N3O4. The third-order valence-corrected chi connectivity index (χ3v) is 3.57. The highest BCUT2D eigenvalue weighted by atomic mass is 16.5. The van der Waals surface area contributed by atoms with E-state index in [0.29, 0.717) is 0 Å². The van der Waals surface area contributed by atoms with Crippen molar-refractivity contribution in [3.63, 3.8) is 0 Å². The molecule has 4 N–H and O–H groups in total. The molecule has 1 aliphatic heterocycles. The molecule has 7 nitrogen and oxygen atoms in total. The van der Waals surface area contributed by atoms with E-state index in [9.17, 15) is 15.0 Å². The molecule has 1 aromatic rings. The molecule has 0 amide bonds. The Kier molecular flexibility index (Phi) is 3.14. The number of nitrogen functional groups attached to an aromatic ring is 1. The van der Waals surface area contributed by atoms with Crippen molar-refractivity contribution in [1.82, 2.24) is 9.55 Å². The number of hydrogen-bond acceptors (Lipinski definition) is 6. The Balaban J connectivity index is 2.42. The lowest BCUT2D eigenvalue weighted by Gasteiger charge is -2.28. The molecule has 1 aromatic heterocycles. The minimum atomic E-state index is -1.27. The summed E-state index contributed by atoms with van der Waals surface area (Å²) in [5.74, 6) is -0.197. The number of anilines is 1. The van der Waals surface area contributed by atoms with Crippen molar-refractivity contribution in [2.45, 2.75) is 31.8 Å². The molecule has 2 rings (SSSR count). The smallest absolute Gasteiger partial charge is 0.351 e. The summed E-state index contributed by atoms with van der Waals surface area (Å²) in [5, 5.41) is 19.6. The van der Waals surface area contributed by atoms with E-state index in [-0.39, 0.29) is 18.3 Å². The fourth-order valence-corrected chi connectivity index (χ4v) is 2.18. The Morgan fingerprint density at radius 2 is 2.33 bits per heavy atom.